The van der Waals surface area contributed by atoms with Crippen LogP contribution in [0.25, 0.3) is 0 Å². The van der Waals surface area contributed by atoms with Crippen LogP contribution in [0.5, 0.6) is 0 Å². The van der Waals surface area contributed by atoms with E-state index in [2.05, 4.69) is 23.8 Å². The van der Waals surface area contributed by atoms with E-state index in [0.717, 1.165) is 3.97 Å². The van der Waals surface area contributed by atoms with Gasteiger partial charge >= 0.3 is 47.3 Å². The zero-order chi connectivity index (χ0) is 5.15. The van der Waals surface area contributed by atoms with E-state index in [1.54, 1.807) is 0 Å². The molecular formula is C5H13Te+. The van der Waals surface area contributed by atoms with E-state index in [1.165, 1.54) is 0 Å². The van der Waals surface area contributed by atoms with Crippen LogP contribution in [0.1, 0.15) is 13.8 Å². The molecule has 0 aromatic heterocycles. The first-order valence-electron chi connectivity index (χ1n) is 2.21. The molecule has 0 saturated carbocycles. The first-order chi connectivity index (χ1) is 2.64. The molecule has 0 radical (unpaired) electrons. The first kappa shape index (κ1) is 6.79. The summed E-state index contributed by atoms with van der Waals surface area (Å²) in [6, 6.07) is 0. The van der Waals surface area contributed by atoms with Crippen molar-refractivity contribution in [3.05, 3.63) is 0 Å². The fraction of sp³-hybridized carbons (Fsp3) is 1.00. The number of hydrogen-bond donors (Lipinski definition) is 0. The molecule has 0 aliphatic rings. The third-order valence-corrected chi connectivity index (χ3v) is 6.32. The van der Waals surface area contributed by atoms with Crippen LogP contribution < -0.4 is 0 Å². The minimum atomic E-state index is -0.489. The molecule has 0 aliphatic heterocycles. The normalized spacial score (nSPS) is 11.0. The Kier molecular flexibility index (Phi) is 3.26. The van der Waals surface area contributed by atoms with Crippen molar-refractivity contribution in [1.82, 2.24) is 0 Å². The molecule has 0 unspecified atom stereocenters. The minimum absolute atomic E-state index is 0.489. The van der Waals surface area contributed by atoms with Crippen molar-refractivity contribution in [3.63, 3.8) is 0 Å². The van der Waals surface area contributed by atoms with E-state index in [-0.39, 0.29) is 0 Å². The van der Waals surface area contributed by atoms with E-state index in [0.29, 0.717) is 0 Å². The van der Waals surface area contributed by atoms with Crippen molar-refractivity contribution in [2.45, 2.75) is 27.8 Å². The molecule has 0 rings (SSSR count). The van der Waals surface area contributed by atoms with E-state index >= 15 is 0 Å². The third kappa shape index (κ3) is 3.00. The molecular weight excluding hydrogens is 188 g/mol. The van der Waals surface area contributed by atoms with Crippen molar-refractivity contribution in [3.8, 4) is 0 Å². The molecule has 0 N–H and O–H groups in total. The van der Waals surface area contributed by atoms with Crippen LogP contribution in [0.3, 0.4) is 0 Å². The van der Waals surface area contributed by atoms with Gasteiger partial charge < -0.3 is 0 Å². The molecule has 0 saturated heterocycles. The van der Waals surface area contributed by atoms with Gasteiger partial charge in [0.05, 0.1) is 0 Å². The average molecular weight is 201 g/mol. The van der Waals surface area contributed by atoms with Crippen LogP contribution >= 0.6 is 0 Å². The maximum atomic E-state index is 2.41. The molecule has 0 bridgehead atoms. The summed E-state index contributed by atoms with van der Waals surface area (Å²) >= 11 is -0.489. The van der Waals surface area contributed by atoms with Gasteiger partial charge in [0, 0.05) is 0 Å². The third-order valence-electron chi connectivity index (χ3n) is 0.943. The van der Waals surface area contributed by atoms with Gasteiger partial charge in [0.2, 0.25) is 0 Å². The Bertz CT molecular complexity index is 24.9. The van der Waals surface area contributed by atoms with Crippen molar-refractivity contribution in [2.24, 2.45) is 0 Å². The standard InChI is InChI=1S/C5H13Te/c1-5(2)6(3)4/h5H,1-4H3/q+1. The summed E-state index contributed by atoms with van der Waals surface area (Å²) in [5.74, 6) is 0. The van der Waals surface area contributed by atoms with Crippen molar-refractivity contribution in [1.29, 1.82) is 0 Å². The summed E-state index contributed by atoms with van der Waals surface area (Å²) < 4.78 is 1.02. The second-order valence-corrected chi connectivity index (χ2v) is 9.64. The molecule has 0 atom stereocenters. The van der Waals surface area contributed by atoms with Gasteiger partial charge in [-0.15, -0.1) is 0 Å². The summed E-state index contributed by atoms with van der Waals surface area (Å²) in [6.07, 6.45) is 0. The summed E-state index contributed by atoms with van der Waals surface area (Å²) in [6.45, 7) is 4.63. The van der Waals surface area contributed by atoms with Gasteiger partial charge in [-0.1, -0.05) is 0 Å². The molecule has 0 fully saturated rings. The van der Waals surface area contributed by atoms with Crippen molar-refractivity contribution < 1.29 is 0 Å². The van der Waals surface area contributed by atoms with Crippen LogP contribution in [0.2, 0.25) is 13.9 Å². The fourth-order valence-electron chi connectivity index (χ4n) is 0. The predicted octanol–water partition coefficient (Wildman–Crippen LogP) is 2.15. The van der Waals surface area contributed by atoms with Gasteiger partial charge in [-0.3, -0.25) is 0 Å². The Morgan fingerprint density at radius 2 is 1.33 bits per heavy atom. The molecule has 38 valence electrons. The van der Waals surface area contributed by atoms with Gasteiger partial charge in [0.25, 0.3) is 0 Å². The molecule has 0 spiro atoms. The Morgan fingerprint density at radius 1 is 1.17 bits per heavy atom. The Labute approximate surface area is 47.6 Å². The van der Waals surface area contributed by atoms with E-state index in [9.17, 15) is 0 Å². The summed E-state index contributed by atoms with van der Waals surface area (Å²) in [5, 5.41) is 0. The van der Waals surface area contributed by atoms with E-state index in [4.69, 9.17) is 0 Å². The Morgan fingerprint density at radius 3 is 1.33 bits per heavy atom. The molecule has 0 amide bonds. The quantitative estimate of drug-likeness (QED) is 0.570. The second kappa shape index (κ2) is 2.88. The monoisotopic (exact) mass is 203 g/mol. The first-order valence-corrected chi connectivity index (χ1v) is 8.21. The summed E-state index contributed by atoms with van der Waals surface area (Å²) in [4.78, 5) is 4.82. The number of rotatable bonds is 1. The Hall–Kier alpha value is 0.790. The number of hydrogen-bond acceptors (Lipinski definition) is 0. The van der Waals surface area contributed by atoms with Crippen LogP contribution in [0.15, 0.2) is 0 Å². The van der Waals surface area contributed by atoms with Crippen molar-refractivity contribution in [2.75, 3.05) is 0 Å². The molecule has 6 heavy (non-hydrogen) atoms. The second-order valence-electron chi connectivity index (χ2n) is 1.93. The molecule has 1 heteroatoms. The molecule has 0 heterocycles. The van der Waals surface area contributed by atoms with Gasteiger partial charge in [0.15, 0.2) is 0 Å². The van der Waals surface area contributed by atoms with Crippen LogP contribution in [-0.2, 0) is 0 Å². The van der Waals surface area contributed by atoms with Crippen LogP contribution in [0, 0.1) is 0 Å². The Balaban J connectivity index is 2.99. The average Bonchev–Trinajstić information content (AvgIpc) is 1.36. The van der Waals surface area contributed by atoms with Crippen LogP contribution in [-0.4, -0.2) is 19.6 Å². The maximum absolute atomic E-state index is 2.41. The molecule has 0 nitrogen and oxygen atoms in total. The topological polar surface area (TPSA) is 0 Å². The molecule has 0 aromatic rings. The van der Waals surface area contributed by atoms with E-state index < -0.39 is 19.6 Å². The molecule has 0 aromatic carbocycles. The summed E-state index contributed by atoms with van der Waals surface area (Å²) in [7, 11) is 0. The fourth-order valence-corrected chi connectivity index (χ4v) is 0. The van der Waals surface area contributed by atoms with Gasteiger partial charge in [-0.25, -0.2) is 0 Å². The molecule has 0 aliphatic carbocycles. The zero-order valence-electron chi connectivity index (χ0n) is 4.99. The van der Waals surface area contributed by atoms with Crippen LogP contribution in [0.4, 0.5) is 0 Å². The van der Waals surface area contributed by atoms with E-state index in [1.807, 2.05) is 0 Å². The summed E-state index contributed by atoms with van der Waals surface area (Å²) in [5.41, 5.74) is 0. The SMILES string of the molecule is CC(C)[Te+](C)C. The van der Waals surface area contributed by atoms with Gasteiger partial charge in [-0.2, -0.15) is 0 Å². The van der Waals surface area contributed by atoms with Gasteiger partial charge in [0.1, 0.15) is 0 Å². The zero-order valence-corrected chi connectivity index (χ0v) is 7.32. The van der Waals surface area contributed by atoms with Gasteiger partial charge in [-0.05, 0) is 0 Å². The van der Waals surface area contributed by atoms with Crippen molar-refractivity contribution >= 4 is 19.6 Å². The predicted molar refractivity (Wildman–Crippen MR) is 32.6 cm³/mol.